The standard InChI is InChI=1S/C36H24O2/c1-4-10-23(11-5-1)26-16-18-32-28(20-26)30-22-31-29-21-27(24-12-6-2-7-13-24)17-19-33(29)38-36(31)34(35(30)37-32)25-14-8-3-9-15-25/h1-22,28,32H. The first-order valence-corrected chi connectivity index (χ1v) is 13.1. The maximum absolute atomic E-state index is 6.69. The van der Waals surface area contributed by atoms with E-state index in [2.05, 4.69) is 127 Å². The number of benzene rings is 5. The van der Waals surface area contributed by atoms with E-state index in [4.69, 9.17) is 9.15 Å². The maximum atomic E-state index is 6.69. The van der Waals surface area contributed by atoms with Crippen molar-refractivity contribution < 1.29 is 9.15 Å². The van der Waals surface area contributed by atoms with Gasteiger partial charge in [0, 0.05) is 22.3 Å². The Hall–Kier alpha value is -4.82. The van der Waals surface area contributed by atoms with E-state index in [1.165, 1.54) is 27.8 Å². The van der Waals surface area contributed by atoms with E-state index < -0.39 is 0 Å². The van der Waals surface area contributed by atoms with Crippen molar-refractivity contribution in [1.29, 1.82) is 0 Å². The topological polar surface area (TPSA) is 22.4 Å². The van der Waals surface area contributed by atoms with Gasteiger partial charge in [-0.05, 0) is 52.1 Å². The van der Waals surface area contributed by atoms with Gasteiger partial charge in [-0.1, -0.05) is 109 Å². The van der Waals surface area contributed by atoms with E-state index in [0.29, 0.717) is 0 Å². The van der Waals surface area contributed by atoms with Gasteiger partial charge in [0.05, 0.1) is 5.56 Å². The number of hydrogen-bond acceptors (Lipinski definition) is 2. The third kappa shape index (κ3) is 3.27. The summed E-state index contributed by atoms with van der Waals surface area (Å²) in [7, 11) is 0. The molecule has 0 bridgehead atoms. The zero-order valence-corrected chi connectivity index (χ0v) is 20.7. The van der Waals surface area contributed by atoms with Crippen LogP contribution in [0.5, 0.6) is 5.75 Å². The Balaban J connectivity index is 1.39. The van der Waals surface area contributed by atoms with Gasteiger partial charge in [-0.2, -0.15) is 0 Å². The van der Waals surface area contributed by atoms with Crippen LogP contribution >= 0.6 is 0 Å². The zero-order valence-electron chi connectivity index (χ0n) is 20.7. The summed E-state index contributed by atoms with van der Waals surface area (Å²) in [5.74, 6) is 1.07. The summed E-state index contributed by atoms with van der Waals surface area (Å²) in [6.07, 6.45) is 6.73. The monoisotopic (exact) mass is 488 g/mol. The highest BCUT2D eigenvalue weighted by molar-refractivity contribution is 6.12. The molecule has 2 atom stereocenters. The summed E-state index contributed by atoms with van der Waals surface area (Å²) in [5, 5.41) is 2.26. The average molecular weight is 489 g/mol. The van der Waals surface area contributed by atoms with Crippen LogP contribution in [0.4, 0.5) is 0 Å². The van der Waals surface area contributed by atoms with Crippen molar-refractivity contribution >= 4 is 27.5 Å². The lowest BCUT2D eigenvalue weighted by Gasteiger charge is -2.18. The molecular weight excluding hydrogens is 464 g/mol. The molecule has 1 aromatic heterocycles. The molecule has 0 radical (unpaired) electrons. The van der Waals surface area contributed by atoms with Gasteiger partial charge in [-0.3, -0.25) is 0 Å². The zero-order chi connectivity index (χ0) is 25.1. The fourth-order valence-electron chi connectivity index (χ4n) is 5.97. The minimum absolute atomic E-state index is 0.0300. The molecule has 2 heterocycles. The number of furan rings is 1. The molecule has 180 valence electrons. The molecule has 0 spiro atoms. The van der Waals surface area contributed by atoms with Crippen molar-refractivity contribution in [1.82, 2.24) is 0 Å². The lowest BCUT2D eigenvalue weighted by atomic mass is 9.85. The molecule has 6 aromatic rings. The molecule has 8 rings (SSSR count). The smallest absolute Gasteiger partial charge is 0.146 e. The second-order valence-electron chi connectivity index (χ2n) is 10.0. The lowest BCUT2D eigenvalue weighted by Crippen LogP contribution is -2.17. The molecule has 1 aliphatic carbocycles. The largest absolute Gasteiger partial charge is 0.484 e. The van der Waals surface area contributed by atoms with Gasteiger partial charge >= 0.3 is 0 Å². The molecule has 2 nitrogen and oxygen atoms in total. The van der Waals surface area contributed by atoms with Crippen LogP contribution in [-0.2, 0) is 0 Å². The Morgan fingerprint density at radius 2 is 1.26 bits per heavy atom. The fraction of sp³-hybridized carbons (Fsp3) is 0.0556. The van der Waals surface area contributed by atoms with Crippen LogP contribution in [0, 0.1) is 0 Å². The second-order valence-corrected chi connectivity index (χ2v) is 10.0. The molecule has 0 amide bonds. The van der Waals surface area contributed by atoms with Gasteiger partial charge in [-0.25, -0.2) is 0 Å². The third-order valence-corrected chi connectivity index (χ3v) is 7.81. The van der Waals surface area contributed by atoms with Crippen LogP contribution in [-0.4, -0.2) is 6.10 Å². The SMILES string of the molecule is C1=CC2Oc3c(cc4c(oc5ccc(-c6ccccc6)cc54)c3-c3ccccc3)C2C=C1c1ccccc1. The second kappa shape index (κ2) is 8.36. The highest BCUT2D eigenvalue weighted by atomic mass is 16.5. The van der Waals surface area contributed by atoms with Crippen LogP contribution in [0.25, 0.3) is 49.8 Å². The van der Waals surface area contributed by atoms with E-state index in [1.807, 2.05) is 6.07 Å². The number of ether oxygens (including phenoxy) is 1. The summed E-state index contributed by atoms with van der Waals surface area (Å²) >= 11 is 0. The van der Waals surface area contributed by atoms with E-state index in [9.17, 15) is 0 Å². The van der Waals surface area contributed by atoms with E-state index in [0.717, 1.165) is 38.8 Å². The van der Waals surface area contributed by atoms with Crippen LogP contribution in [0.1, 0.15) is 17.0 Å². The van der Waals surface area contributed by atoms with Gasteiger partial charge in [0.15, 0.2) is 0 Å². The van der Waals surface area contributed by atoms with Crippen LogP contribution in [0.2, 0.25) is 0 Å². The van der Waals surface area contributed by atoms with Crippen molar-refractivity contribution in [3.63, 3.8) is 0 Å². The number of hydrogen-bond donors (Lipinski definition) is 0. The van der Waals surface area contributed by atoms with E-state index >= 15 is 0 Å². The summed E-state index contributed by atoms with van der Waals surface area (Å²) in [4.78, 5) is 0. The Morgan fingerprint density at radius 1 is 0.579 bits per heavy atom. The molecule has 2 aliphatic rings. The molecule has 0 N–H and O–H groups in total. The normalized spacial score (nSPS) is 17.7. The summed E-state index contributed by atoms with van der Waals surface area (Å²) in [6, 6.07) is 40.4. The highest BCUT2D eigenvalue weighted by Crippen LogP contribution is 2.52. The molecule has 5 aromatic carbocycles. The van der Waals surface area contributed by atoms with E-state index in [-0.39, 0.29) is 12.0 Å². The van der Waals surface area contributed by atoms with Gasteiger partial charge < -0.3 is 9.15 Å². The lowest BCUT2D eigenvalue weighted by molar-refractivity contribution is 0.270. The predicted octanol–water partition coefficient (Wildman–Crippen LogP) is 9.42. The van der Waals surface area contributed by atoms with Gasteiger partial charge in [-0.15, -0.1) is 0 Å². The van der Waals surface area contributed by atoms with Gasteiger partial charge in [0.25, 0.3) is 0 Å². The van der Waals surface area contributed by atoms with Crippen LogP contribution in [0.3, 0.4) is 0 Å². The molecule has 0 fully saturated rings. The highest BCUT2D eigenvalue weighted by Gasteiger charge is 2.37. The molecular formula is C36H24O2. The Kier molecular flexibility index (Phi) is 4.68. The average Bonchev–Trinajstić information content (AvgIpc) is 3.54. The van der Waals surface area contributed by atoms with Crippen molar-refractivity contribution in [3.05, 3.63) is 145 Å². The molecule has 0 saturated carbocycles. The van der Waals surface area contributed by atoms with Crippen molar-refractivity contribution in [2.75, 3.05) is 0 Å². The molecule has 2 unspecified atom stereocenters. The third-order valence-electron chi connectivity index (χ3n) is 7.81. The first-order valence-electron chi connectivity index (χ1n) is 13.1. The maximum Gasteiger partial charge on any atom is 0.146 e. The summed E-state index contributed by atoms with van der Waals surface area (Å²) in [6.45, 7) is 0. The van der Waals surface area contributed by atoms with Gasteiger partial charge in [0.2, 0.25) is 0 Å². The molecule has 2 heteroatoms. The Labute approximate surface area is 221 Å². The number of fused-ring (bicyclic) bond motifs is 6. The quantitative estimate of drug-likeness (QED) is 0.248. The van der Waals surface area contributed by atoms with Crippen molar-refractivity contribution in [2.45, 2.75) is 12.0 Å². The van der Waals surface area contributed by atoms with Gasteiger partial charge in [0.1, 0.15) is 23.0 Å². The minimum atomic E-state index is -0.0300. The number of rotatable bonds is 3. The fourth-order valence-corrected chi connectivity index (χ4v) is 5.97. The van der Waals surface area contributed by atoms with Crippen LogP contribution in [0.15, 0.2) is 138 Å². The van der Waals surface area contributed by atoms with E-state index in [1.54, 1.807) is 0 Å². The number of allylic oxidation sites excluding steroid dienone is 2. The summed E-state index contributed by atoms with van der Waals surface area (Å²) < 4.78 is 13.3. The Bertz CT molecular complexity index is 1880. The first-order chi connectivity index (χ1) is 18.8. The summed E-state index contributed by atoms with van der Waals surface area (Å²) in [5.41, 5.74) is 9.96. The van der Waals surface area contributed by atoms with Crippen LogP contribution < -0.4 is 4.74 Å². The molecule has 38 heavy (non-hydrogen) atoms. The van der Waals surface area contributed by atoms with Crippen molar-refractivity contribution in [2.24, 2.45) is 0 Å². The Morgan fingerprint density at radius 3 is 2.00 bits per heavy atom. The predicted molar refractivity (Wildman–Crippen MR) is 155 cm³/mol. The minimum Gasteiger partial charge on any atom is -0.484 e. The molecule has 0 saturated heterocycles. The first kappa shape index (κ1) is 21.3. The molecule has 1 aliphatic heterocycles. The van der Waals surface area contributed by atoms with Crippen molar-refractivity contribution in [3.8, 4) is 28.0 Å².